The number of alkyl halides is 6. The number of nitrogens with zero attached hydrogens (tertiary/aromatic N) is 4. The second-order valence-electron chi connectivity index (χ2n) is 8.45. The Morgan fingerprint density at radius 3 is 2.58 bits per heavy atom. The summed E-state index contributed by atoms with van der Waals surface area (Å²) in [5.74, 6) is 0.848. The molecular formula is C22H23F6N5. The average Bonchev–Trinajstić information content (AvgIpc) is 3.21. The van der Waals surface area contributed by atoms with Gasteiger partial charge in [0.15, 0.2) is 0 Å². The summed E-state index contributed by atoms with van der Waals surface area (Å²) < 4.78 is 80.5. The third kappa shape index (κ3) is 5.40. The van der Waals surface area contributed by atoms with E-state index >= 15 is 0 Å². The highest BCUT2D eigenvalue weighted by molar-refractivity contribution is 5.80. The third-order valence-corrected chi connectivity index (χ3v) is 5.81. The van der Waals surface area contributed by atoms with Crippen LogP contribution in [0.3, 0.4) is 0 Å². The van der Waals surface area contributed by atoms with Crippen molar-refractivity contribution in [3.8, 4) is 11.3 Å². The van der Waals surface area contributed by atoms with Crippen LogP contribution in [0.25, 0.3) is 16.8 Å². The highest BCUT2D eigenvalue weighted by Crippen LogP contribution is 2.36. The topological polar surface area (TPSA) is 45.5 Å². The summed E-state index contributed by atoms with van der Waals surface area (Å²) in [7, 11) is 2.06. The second-order valence-corrected chi connectivity index (χ2v) is 8.45. The maximum Gasteiger partial charge on any atom is 0.416 e. The van der Waals surface area contributed by atoms with E-state index in [1.54, 1.807) is 22.7 Å². The van der Waals surface area contributed by atoms with E-state index in [2.05, 4.69) is 27.5 Å². The summed E-state index contributed by atoms with van der Waals surface area (Å²) in [6, 6.07) is 5.68. The smallest absolute Gasteiger partial charge is 0.354 e. The fourth-order valence-corrected chi connectivity index (χ4v) is 4.31. The Morgan fingerprint density at radius 2 is 1.88 bits per heavy atom. The van der Waals surface area contributed by atoms with Gasteiger partial charge in [0.1, 0.15) is 5.69 Å². The van der Waals surface area contributed by atoms with Crippen molar-refractivity contribution in [2.24, 2.45) is 5.92 Å². The number of hydrogen-bond acceptors (Lipinski definition) is 4. The number of nitrogens with one attached hydrogen (secondary N) is 1. The van der Waals surface area contributed by atoms with E-state index in [0.29, 0.717) is 30.0 Å². The number of hydrogen-bond donors (Lipinski definition) is 1. The lowest BCUT2D eigenvalue weighted by molar-refractivity contribution is -0.138. The van der Waals surface area contributed by atoms with Crippen LogP contribution in [0.1, 0.15) is 24.0 Å². The Bertz CT molecular complexity index is 1120. The van der Waals surface area contributed by atoms with Gasteiger partial charge in [0, 0.05) is 24.8 Å². The predicted molar refractivity (Wildman–Crippen MR) is 112 cm³/mol. The van der Waals surface area contributed by atoms with Crippen molar-refractivity contribution in [3.63, 3.8) is 0 Å². The van der Waals surface area contributed by atoms with Gasteiger partial charge in [0.25, 0.3) is 0 Å². The maximum absolute atomic E-state index is 13.2. The molecule has 5 nitrogen and oxygen atoms in total. The molecule has 1 saturated heterocycles. The van der Waals surface area contributed by atoms with Gasteiger partial charge in [-0.05, 0) is 62.2 Å². The molecule has 1 aromatic carbocycles. The fourth-order valence-electron chi connectivity index (χ4n) is 4.31. The maximum atomic E-state index is 13.2. The molecule has 0 radical (unpaired) electrons. The summed E-state index contributed by atoms with van der Waals surface area (Å²) in [5, 5.41) is 11.5. The van der Waals surface area contributed by atoms with E-state index in [9.17, 15) is 26.3 Å². The Morgan fingerprint density at radius 1 is 1.09 bits per heavy atom. The number of rotatable bonds is 5. The lowest BCUT2D eigenvalue weighted by atomic mass is 9.98. The Balaban J connectivity index is 1.69. The molecule has 1 atom stereocenters. The van der Waals surface area contributed by atoms with E-state index in [1.165, 1.54) is 0 Å². The van der Waals surface area contributed by atoms with Crippen LogP contribution in [0.15, 0.2) is 36.5 Å². The number of fused-ring (bicyclic) bond motifs is 1. The molecule has 1 aliphatic rings. The van der Waals surface area contributed by atoms with E-state index in [4.69, 9.17) is 0 Å². The number of benzene rings is 1. The molecule has 1 N–H and O–H groups in total. The van der Waals surface area contributed by atoms with Gasteiger partial charge in [-0.1, -0.05) is 6.07 Å². The van der Waals surface area contributed by atoms with Crippen molar-refractivity contribution in [2.45, 2.75) is 31.6 Å². The molecule has 0 bridgehead atoms. The molecule has 1 aliphatic heterocycles. The molecule has 0 unspecified atom stereocenters. The highest BCUT2D eigenvalue weighted by Gasteiger charge is 2.34. The van der Waals surface area contributed by atoms with E-state index in [1.807, 2.05) is 0 Å². The minimum atomic E-state index is -4.75. The van der Waals surface area contributed by atoms with Crippen LogP contribution in [0.4, 0.5) is 32.3 Å². The quantitative estimate of drug-likeness (QED) is 0.515. The van der Waals surface area contributed by atoms with Gasteiger partial charge in [-0.2, -0.15) is 26.3 Å². The first-order valence-corrected chi connectivity index (χ1v) is 10.5. The Kier molecular flexibility index (Phi) is 6.26. The van der Waals surface area contributed by atoms with Crippen LogP contribution in [0, 0.1) is 5.92 Å². The molecule has 4 rings (SSSR count). The Hall–Kier alpha value is -2.82. The Labute approximate surface area is 186 Å². The molecule has 178 valence electrons. The van der Waals surface area contributed by atoms with Crippen LogP contribution in [-0.4, -0.2) is 52.4 Å². The number of anilines is 1. The lowest BCUT2D eigenvalue weighted by Crippen LogP contribution is -2.35. The third-order valence-electron chi connectivity index (χ3n) is 5.81. The van der Waals surface area contributed by atoms with Crippen LogP contribution < -0.4 is 5.32 Å². The first-order chi connectivity index (χ1) is 15.5. The van der Waals surface area contributed by atoms with E-state index in [-0.39, 0.29) is 11.3 Å². The van der Waals surface area contributed by atoms with Crippen molar-refractivity contribution in [1.29, 1.82) is 0 Å². The number of halogens is 6. The molecule has 0 spiro atoms. The molecule has 2 aromatic heterocycles. The lowest BCUT2D eigenvalue weighted by Gasteiger charge is -2.29. The van der Waals surface area contributed by atoms with Crippen molar-refractivity contribution in [2.75, 3.05) is 32.0 Å². The molecule has 0 saturated carbocycles. The zero-order valence-electron chi connectivity index (χ0n) is 17.8. The van der Waals surface area contributed by atoms with Crippen LogP contribution in [0.2, 0.25) is 0 Å². The monoisotopic (exact) mass is 471 g/mol. The summed E-state index contributed by atoms with van der Waals surface area (Å²) in [5.41, 5.74) is -1.12. The minimum absolute atomic E-state index is 0.0306. The van der Waals surface area contributed by atoms with Crippen molar-refractivity contribution >= 4 is 11.5 Å². The van der Waals surface area contributed by atoms with E-state index in [0.717, 1.165) is 38.1 Å². The van der Waals surface area contributed by atoms with Gasteiger partial charge in [-0.25, -0.2) is 0 Å². The van der Waals surface area contributed by atoms with Crippen molar-refractivity contribution in [3.05, 3.63) is 47.7 Å². The highest BCUT2D eigenvalue weighted by atomic mass is 19.4. The van der Waals surface area contributed by atoms with Gasteiger partial charge in [0.2, 0.25) is 5.95 Å². The molecule has 11 heteroatoms. The summed E-state index contributed by atoms with van der Waals surface area (Å²) in [6.07, 6.45) is -7.08. The van der Waals surface area contributed by atoms with Gasteiger partial charge in [0.05, 0.1) is 17.5 Å². The van der Waals surface area contributed by atoms with Gasteiger partial charge >= 0.3 is 12.4 Å². The molecular weight excluding hydrogens is 448 g/mol. The number of piperidine rings is 1. The standard InChI is InChI=1S/C22H23F6N5/c1-32-8-2-4-14(13-32)12-29-20-31-30-19(18-5-3-9-33(18)20)17-7-6-16(22(26,27)28)10-15(17)11-21(23,24)25/h3,5-7,9-10,14H,2,4,8,11-13H2,1H3,(H,29,31)/t14-/m1/s1. The van der Waals surface area contributed by atoms with Gasteiger partial charge in [-0.3, -0.25) is 4.40 Å². The SMILES string of the molecule is CN1CCC[C@H](CNc2nnc(-c3ccc(C(F)(F)F)cc3CC(F)(F)F)c3cccn23)C1. The predicted octanol–water partition coefficient (Wildman–Crippen LogP) is 5.27. The van der Waals surface area contributed by atoms with E-state index < -0.39 is 29.9 Å². The van der Waals surface area contributed by atoms with Crippen LogP contribution in [0.5, 0.6) is 0 Å². The zero-order chi connectivity index (χ0) is 23.8. The molecule has 0 aliphatic carbocycles. The molecule has 3 heterocycles. The largest absolute Gasteiger partial charge is 0.416 e. The fraction of sp³-hybridized carbons (Fsp3) is 0.455. The summed E-state index contributed by atoms with van der Waals surface area (Å²) in [4.78, 5) is 2.25. The van der Waals surface area contributed by atoms with Gasteiger partial charge < -0.3 is 10.2 Å². The summed E-state index contributed by atoms with van der Waals surface area (Å²) in [6.45, 7) is 2.66. The van der Waals surface area contributed by atoms with Crippen molar-refractivity contribution < 1.29 is 26.3 Å². The number of likely N-dealkylation sites (tertiary alicyclic amines) is 1. The van der Waals surface area contributed by atoms with Crippen molar-refractivity contribution in [1.82, 2.24) is 19.5 Å². The molecule has 3 aromatic rings. The summed E-state index contributed by atoms with van der Waals surface area (Å²) >= 11 is 0. The molecule has 0 amide bonds. The minimum Gasteiger partial charge on any atom is -0.354 e. The number of aromatic nitrogens is 3. The van der Waals surface area contributed by atoms with Crippen LogP contribution >= 0.6 is 0 Å². The molecule has 1 fully saturated rings. The van der Waals surface area contributed by atoms with Crippen LogP contribution in [-0.2, 0) is 12.6 Å². The second kappa shape index (κ2) is 8.85. The average molecular weight is 471 g/mol. The zero-order valence-corrected chi connectivity index (χ0v) is 17.8. The van der Waals surface area contributed by atoms with Gasteiger partial charge in [-0.15, -0.1) is 10.2 Å². The normalized spacial score (nSPS) is 18.1. The first-order valence-electron chi connectivity index (χ1n) is 10.5. The molecule has 33 heavy (non-hydrogen) atoms. The first kappa shape index (κ1) is 23.3.